The Morgan fingerprint density at radius 3 is 2.64 bits per heavy atom. The Kier molecular flexibility index (Phi) is 5.50. The zero-order chi connectivity index (χ0) is 8.69. The highest BCUT2D eigenvalue weighted by molar-refractivity contribution is 5.64. The maximum absolute atomic E-state index is 10.1. The van der Waals surface area contributed by atoms with Gasteiger partial charge in [0.25, 0.3) is 0 Å². The standard InChI is InChI=1S/C6H14N2O3/c1-5(2-10-4-7)3-11-6(8)9/h5H,2-4,7H2,1H3,(H2,8,9). The van der Waals surface area contributed by atoms with Crippen LogP contribution in [-0.2, 0) is 9.47 Å². The molecular weight excluding hydrogens is 148 g/mol. The van der Waals surface area contributed by atoms with Gasteiger partial charge in [-0.3, -0.25) is 0 Å². The van der Waals surface area contributed by atoms with Gasteiger partial charge in [-0.25, -0.2) is 4.79 Å². The van der Waals surface area contributed by atoms with E-state index in [9.17, 15) is 4.79 Å². The lowest BCUT2D eigenvalue weighted by molar-refractivity contribution is 0.0732. The molecule has 5 nitrogen and oxygen atoms in total. The molecule has 0 fully saturated rings. The lowest BCUT2D eigenvalue weighted by atomic mass is 10.2. The van der Waals surface area contributed by atoms with Crippen molar-refractivity contribution in [3.05, 3.63) is 0 Å². The summed E-state index contributed by atoms with van der Waals surface area (Å²) in [6, 6.07) is 0. The second-order valence-electron chi connectivity index (χ2n) is 2.27. The first-order valence-corrected chi connectivity index (χ1v) is 3.37. The number of hydrogen-bond acceptors (Lipinski definition) is 4. The molecule has 1 unspecified atom stereocenters. The molecule has 0 rings (SSSR count). The van der Waals surface area contributed by atoms with Crippen LogP contribution in [0.3, 0.4) is 0 Å². The molecule has 66 valence electrons. The van der Waals surface area contributed by atoms with Crippen molar-refractivity contribution in [2.45, 2.75) is 6.92 Å². The average Bonchev–Trinajstić information content (AvgIpc) is 1.97. The maximum Gasteiger partial charge on any atom is 0.404 e. The maximum atomic E-state index is 10.1. The summed E-state index contributed by atoms with van der Waals surface area (Å²) in [7, 11) is 0. The molecule has 0 saturated carbocycles. The fourth-order valence-electron chi connectivity index (χ4n) is 0.542. The fraction of sp³-hybridized carbons (Fsp3) is 0.833. The Balaban J connectivity index is 3.22. The molecule has 0 saturated heterocycles. The minimum atomic E-state index is -0.760. The Labute approximate surface area is 65.6 Å². The number of ether oxygens (including phenoxy) is 2. The van der Waals surface area contributed by atoms with E-state index in [1.807, 2.05) is 6.92 Å². The van der Waals surface area contributed by atoms with Crippen LogP contribution in [0, 0.1) is 5.92 Å². The highest BCUT2D eigenvalue weighted by atomic mass is 16.5. The highest BCUT2D eigenvalue weighted by Gasteiger charge is 2.03. The van der Waals surface area contributed by atoms with Crippen LogP contribution in [0.5, 0.6) is 0 Å². The molecule has 0 bridgehead atoms. The van der Waals surface area contributed by atoms with Gasteiger partial charge in [0.1, 0.15) is 0 Å². The van der Waals surface area contributed by atoms with Crippen LogP contribution in [0.15, 0.2) is 0 Å². The Morgan fingerprint density at radius 1 is 1.55 bits per heavy atom. The summed E-state index contributed by atoms with van der Waals surface area (Å²) in [6.07, 6.45) is -0.760. The van der Waals surface area contributed by atoms with E-state index >= 15 is 0 Å². The first-order valence-electron chi connectivity index (χ1n) is 3.37. The summed E-state index contributed by atoms with van der Waals surface area (Å²) < 4.78 is 9.39. The van der Waals surface area contributed by atoms with Crippen LogP contribution in [0.1, 0.15) is 6.92 Å². The van der Waals surface area contributed by atoms with Crippen molar-refractivity contribution in [3.8, 4) is 0 Å². The van der Waals surface area contributed by atoms with Crippen LogP contribution < -0.4 is 11.5 Å². The summed E-state index contributed by atoms with van der Waals surface area (Å²) in [6.45, 7) is 2.80. The lowest BCUT2D eigenvalue weighted by Crippen LogP contribution is -2.21. The molecule has 0 aromatic rings. The van der Waals surface area contributed by atoms with Gasteiger partial charge in [-0.05, 0) is 0 Å². The van der Waals surface area contributed by atoms with Crippen molar-refractivity contribution in [1.82, 2.24) is 0 Å². The van der Waals surface area contributed by atoms with Crippen LogP contribution in [0.4, 0.5) is 4.79 Å². The number of rotatable bonds is 5. The molecule has 1 amide bonds. The first-order chi connectivity index (χ1) is 5.16. The van der Waals surface area contributed by atoms with Gasteiger partial charge >= 0.3 is 6.09 Å². The second-order valence-corrected chi connectivity index (χ2v) is 2.27. The van der Waals surface area contributed by atoms with Crippen molar-refractivity contribution in [3.63, 3.8) is 0 Å². The van der Waals surface area contributed by atoms with E-state index in [-0.39, 0.29) is 19.3 Å². The van der Waals surface area contributed by atoms with E-state index in [0.717, 1.165) is 0 Å². The number of primary amides is 1. The number of amides is 1. The second kappa shape index (κ2) is 5.94. The molecule has 0 aliphatic carbocycles. The molecule has 5 heteroatoms. The summed E-state index contributed by atoms with van der Waals surface area (Å²) >= 11 is 0. The number of nitrogens with two attached hydrogens (primary N) is 2. The number of carbonyl (C=O) groups excluding carboxylic acids is 1. The molecule has 0 aliphatic rings. The third kappa shape index (κ3) is 7.08. The third-order valence-electron chi connectivity index (χ3n) is 1.03. The number of carbonyl (C=O) groups is 1. The van der Waals surface area contributed by atoms with Crippen LogP contribution >= 0.6 is 0 Å². The minimum Gasteiger partial charge on any atom is -0.449 e. The summed E-state index contributed by atoms with van der Waals surface area (Å²) in [5.41, 5.74) is 9.82. The molecule has 0 radical (unpaired) electrons. The molecule has 0 aliphatic heterocycles. The van der Waals surface area contributed by atoms with E-state index in [2.05, 4.69) is 4.74 Å². The SMILES string of the molecule is CC(COCN)COC(N)=O. The first kappa shape index (κ1) is 10.2. The molecule has 0 heterocycles. The Hall–Kier alpha value is -0.810. The van der Waals surface area contributed by atoms with E-state index in [4.69, 9.17) is 16.2 Å². The van der Waals surface area contributed by atoms with E-state index in [1.165, 1.54) is 0 Å². The minimum absolute atomic E-state index is 0.131. The van der Waals surface area contributed by atoms with Gasteiger partial charge in [0.15, 0.2) is 0 Å². The quantitative estimate of drug-likeness (QED) is 0.541. The zero-order valence-corrected chi connectivity index (χ0v) is 6.58. The third-order valence-corrected chi connectivity index (χ3v) is 1.03. The Bertz CT molecular complexity index is 118. The monoisotopic (exact) mass is 162 g/mol. The highest BCUT2D eigenvalue weighted by Crippen LogP contribution is 1.95. The van der Waals surface area contributed by atoms with Crippen molar-refractivity contribution < 1.29 is 14.3 Å². The van der Waals surface area contributed by atoms with Crippen LogP contribution in [0.2, 0.25) is 0 Å². The molecular formula is C6H14N2O3. The van der Waals surface area contributed by atoms with Gasteiger partial charge < -0.3 is 20.9 Å². The van der Waals surface area contributed by atoms with E-state index in [0.29, 0.717) is 6.61 Å². The van der Waals surface area contributed by atoms with Gasteiger partial charge in [-0.15, -0.1) is 0 Å². The topological polar surface area (TPSA) is 87.6 Å². The van der Waals surface area contributed by atoms with Crippen LogP contribution in [-0.4, -0.2) is 26.0 Å². The molecule has 4 N–H and O–H groups in total. The summed E-state index contributed by atoms with van der Waals surface area (Å²) in [4.78, 5) is 10.1. The molecule has 0 aromatic carbocycles. The lowest BCUT2D eigenvalue weighted by Gasteiger charge is -2.09. The largest absolute Gasteiger partial charge is 0.449 e. The summed E-state index contributed by atoms with van der Waals surface area (Å²) in [5.74, 6) is 0.131. The fourth-order valence-corrected chi connectivity index (χ4v) is 0.542. The number of hydrogen-bond donors (Lipinski definition) is 2. The predicted octanol–water partition coefficient (Wildman–Crippen LogP) is -0.349. The normalized spacial score (nSPS) is 12.5. The summed E-state index contributed by atoms with van der Waals surface area (Å²) in [5, 5.41) is 0. The van der Waals surface area contributed by atoms with Gasteiger partial charge in [-0.2, -0.15) is 0 Å². The molecule has 1 atom stereocenters. The van der Waals surface area contributed by atoms with Gasteiger partial charge in [0, 0.05) is 5.92 Å². The van der Waals surface area contributed by atoms with Crippen molar-refractivity contribution in [2.24, 2.45) is 17.4 Å². The Morgan fingerprint density at radius 2 is 2.18 bits per heavy atom. The predicted molar refractivity (Wildman–Crippen MR) is 39.7 cm³/mol. The molecule has 0 spiro atoms. The van der Waals surface area contributed by atoms with E-state index in [1.54, 1.807) is 0 Å². The van der Waals surface area contributed by atoms with Crippen molar-refractivity contribution >= 4 is 6.09 Å². The van der Waals surface area contributed by atoms with Crippen molar-refractivity contribution in [1.29, 1.82) is 0 Å². The van der Waals surface area contributed by atoms with Gasteiger partial charge in [0.2, 0.25) is 0 Å². The zero-order valence-electron chi connectivity index (χ0n) is 6.58. The van der Waals surface area contributed by atoms with Crippen molar-refractivity contribution in [2.75, 3.05) is 19.9 Å². The molecule has 11 heavy (non-hydrogen) atoms. The van der Waals surface area contributed by atoms with E-state index < -0.39 is 6.09 Å². The smallest absolute Gasteiger partial charge is 0.404 e. The molecule has 0 aromatic heterocycles. The average molecular weight is 162 g/mol. The van der Waals surface area contributed by atoms with Gasteiger partial charge in [0.05, 0.1) is 19.9 Å². The van der Waals surface area contributed by atoms with Gasteiger partial charge in [-0.1, -0.05) is 6.92 Å². The van der Waals surface area contributed by atoms with Crippen LogP contribution in [0.25, 0.3) is 0 Å².